The quantitative estimate of drug-likeness (QED) is 0.415. The third kappa shape index (κ3) is 3.62. The van der Waals surface area contributed by atoms with E-state index in [0.717, 1.165) is 37.8 Å². The van der Waals surface area contributed by atoms with Gasteiger partial charge in [-0.2, -0.15) is 14.5 Å². The van der Waals surface area contributed by atoms with Gasteiger partial charge in [-0.15, -0.1) is 5.10 Å². The van der Waals surface area contributed by atoms with Crippen LogP contribution in [0.4, 0.5) is 16.0 Å². The molecule has 1 saturated heterocycles. The number of nitroso groups, excluding NO2 is 1. The molecule has 3 aromatic heterocycles. The van der Waals surface area contributed by atoms with Crippen molar-refractivity contribution in [2.24, 2.45) is 5.18 Å². The topological polar surface area (TPSA) is 129 Å². The number of aromatic nitrogens is 6. The van der Waals surface area contributed by atoms with E-state index in [2.05, 4.69) is 32.2 Å². The number of ether oxygens (including phenoxy) is 1. The minimum absolute atomic E-state index is 0.0232. The standard InChI is InChI=1S/C24H28FN9O2/c1-13-6-7-14(11-32(13)15-10-27-33(12-15)20-5-3-4-18(20)31-35)22-29-23-16-8-17(25)21(36-2)9-19(16)28-24(26)34(23)30-22/h8-10,12-14,18,20H,3-7,11H2,1-2H3,(H2,26,28)/t13-,14+,18+,20+/m1/s1. The zero-order chi connectivity index (χ0) is 25.0. The van der Waals surface area contributed by atoms with Crippen LogP contribution >= 0.6 is 0 Å². The summed E-state index contributed by atoms with van der Waals surface area (Å²) in [7, 11) is 1.41. The Labute approximate surface area is 206 Å². The van der Waals surface area contributed by atoms with Crippen LogP contribution in [0.1, 0.15) is 56.8 Å². The van der Waals surface area contributed by atoms with Gasteiger partial charge in [0.05, 0.1) is 30.6 Å². The van der Waals surface area contributed by atoms with E-state index in [9.17, 15) is 9.30 Å². The molecule has 6 rings (SSSR count). The van der Waals surface area contributed by atoms with Gasteiger partial charge in [0.25, 0.3) is 0 Å². The summed E-state index contributed by atoms with van der Waals surface area (Å²) in [5.74, 6) is 0.494. The average Bonchev–Trinajstić information content (AvgIpc) is 3.63. The molecule has 2 N–H and O–H groups in total. The molecule has 188 valence electrons. The van der Waals surface area contributed by atoms with E-state index in [1.54, 1.807) is 0 Å². The minimum atomic E-state index is -0.494. The summed E-state index contributed by atoms with van der Waals surface area (Å²) in [6.45, 7) is 2.90. The van der Waals surface area contributed by atoms with E-state index >= 15 is 0 Å². The fourth-order valence-electron chi connectivity index (χ4n) is 5.66. The number of piperidine rings is 1. The lowest BCUT2D eigenvalue weighted by Crippen LogP contribution is -2.41. The number of anilines is 2. The second-order valence-corrected chi connectivity index (χ2v) is 9.80. The van der Waals surface area contributed by atoms with Gasteiger partial charge in [-0.3, -0.25) is 4.68 Å². The molecule has 1 aliphatic heterocycles. The number of nitrogen functional groups attached to an aromatic ring is 1. The largest absolute Gasteiger partial charge is 0.494 e. The fraction of sp³-hybridized carbons (Fsp3) is 0.500. The predicted octanol–water partition coefficient (Wildman–Crippen LogP) is 3.84. The van der Waals surface area contributed by atoms with Crippen molar-refractivity contribution in [2.75, 3.05) is 24.3 Å². The van der Waals surface area contributed by atoms with Crippen molar-refractivity contribution in [3.8, 4) is 5.75 Å². The Balaban J connectivity index is 1.32. The Bertz CT molecular complexity index is 1450. The van der Waals surface area contributed by atoms with E-state index in [0.29, 0.717) is 35.0 Å². The normalized spacial score (nSPS) is 24.6. The zero-order valence-electron chi connectivity index (χ0n) is 20.2. The van der Waals surface area contributed by atoms with Gasteiger partial charge in [0.1, 0.15) is 6.04 Å². The lowest BCUT2D eigenvalue weighted by Gasteiger charge is -2.37. The first kappa shape index (κ1) is 22.6. The summed E-state index contributed by atoms with van der Waals surface area (Å²) < 4.78 is 22.9. The summed E-state index contributed by atoms with van der Waals surface area (Å²) in [5, 5.41) is 13.1. The van der Waals surface area contributed by atoms with Gasteiger partial charge in [0, 0.05) is 36.2 Å². The molecule has 1 aliphatic carbocycles. The predicted molar refractivity (Wildman–Crippen MR) is 133 cm³/mol. The second-order valence-electron chi connectivity index (χ2n) is 9.80. The number of rotatable bonds is 5. The maximum absolute atomic E-state index is 14.5. The highest BCUT2D eigenvalue weighted by Crippen LogP contribution is 2.36. The number of halogens is 1. The molecule has 11 nitrogen and oxygen atoms in total. The summed E-state index contributed by atoms with van der Waals surface area (Å²) in [5.41, 5.74) is 8.16. The molecule has 4 heterocycles. The molecular weight excluding hydrogens is 465 g/mol. The molecular formula is C24H28FN9O2. The van der Waals surface area contributed by atoms with Crippen LogP contribution in [0.2, 0.25) is 0 Å². The lowest BCUT2D eigenvalue weighted by molar-refractivity contribution is 0.387. The van der Waals surface area contributed by atoms with E-state index in [1.165, 1.54) is 23.8 Å². The molecule has 4 atom stereocenters. The number of fused-ring (bicyclic) bond motifs is 3. The van der Waals surface area contributed by atoms with Crippen LogP contribution in [-0.4, -0.2) is 55.1 Å². The monoisotopic (exact) mass is 493 g/mol. The Morgan fingerprint density at radius 3 is 2.86 bits per heavy atom. The van der Waals surface area contributed by atoms with Crippen LogP contribution in [0.3, 0.4) is 0 Å². The highest BCUT2D eigenvalue weighted by molar-refractivity contribution is 5.93. The minimum Gasteiger partial charge on any atom is -0.494 e. The molecule has 0 unspecified atom stereocenters. The molecule has 1 saturated carbocycles. The number of hydrogen-bond acceptors (Lipinski definition) is 9. The maximum Gasteiger partial charge on any atom is 0.223 e. The molecule has 0 spiro atoms. The van der Waals surface area contributed by atoms with Crippen molar-refractivity contribution < 1.29 is 9.13 Å². The van der Waals surface area contributed by atoms with Crippen LogP contribution in [0, 0.1) is 10.7 Å². The van der Waals surface area contributed by atoms with Crippen LogP contribution in [0.5, 0.6) is 5.75 Å². The SMILES string of the molecule is COc1cc2nc(N)n3nc([C@H]4CC[C@@H](C)N(c5cnn([C@H]6CCC[C@@H]6N=O)c5)C4)nc3c2cc1F. The Morgan fingerprint density at radius 2 is 2.06 bits per heavy atom. The lowest BCUT2D eigenvalue weighted by atomic mass is 9.92. The van der Waals surface area contributed by atoms with Crippen LogP contribution in [0.15, 0.2) is 29.7 Å². The molecule has 4 aromatic rings. The van der Waals surface area contributed by atoms with Crippen LogP contribution in [0.25, 0.3) is 16.6 Å². The summed E-state index contributed by atoms with van der Waals surface area (Å²) in [6, 6.07) is 3.00. The zero-order valence-corrected chi connectivity index (χ0v) is 20.2. The Kier molecular flexibility index (Phi) is 5.45. The first-order valence-corrected chi connectivity index (χ1v) is 12.3. The number of hydrogen-bond donors (Lipinski definition) is 1. The number of nitrogens with two attached hydrogens (primary N) is 1. The third-order valence-corrected chi connectivity index (χ3v) is 7.67. The summed E-state index contributed by atoms with van der Waals surface area (Å²) in [4.78, 5) is 22.7. The third-order valence-electron chi connectivity index (χ3n) is 7.67. The van der Waals surface area contributed by atoms with Gasteiger partial charge >= 0.3 is 0 Å². The van der Waals surface area contributed by atoms with E-state index < -0.39 is 5.82 Å². The maximum atomic E-state index is 14.5. The van der Waals surface area contributed by atoms with Crippen molar-refractivity contribution in [3.63, 3.8) is 0 Å². The first-order chi connectivity index (χ1) is 17.5. The first-order valence-electron chi connectivity index (χ1n) is 12.3. The van der Waals surface area contributed by atoms with Gasteiger partial charge in [-0.05, 0) is 45.1 Å². The highest BCUT2D eigenvalue weighted by atomic mass is 19.1. The van der Waals surface area contributed by atoms with E-state index in [-0.39, 0.29) is 29.7 Å². The molecule has 2 fully saturated rings. The molecule has 12 heteroatoms. The number of methoxy groups -OCH3 is 1. The van der Waals surface area contributed by atoms with E-state index in [4.69, 9.17) is 15.5 Å². The summed E-state index contributed by atoms with van der Waals surface area (Å²) >= 11 is 0. The van der Waals surface area contributed by atoms with Crippen molar-refractivity contribution in [1.29, 1.82) is 0 Å². The van der Waals surface area contributed by atoms with Gasteiger partial charge in [0.15, 0.2) is 23.0 Å². The second kappa shape index (κ2) is 8.68. The molecule has 1 aromatic carbocycles. The Morgan fingerprint density at radius 1 is 1.19 bits per heavy atom. The Hall–Kier alpha value is -3.83. The van der Waals surface area contributed by atoms with Crippen LogP contribution in [-0.2, 0) is 0 Å². The van der Waals surface area contributed by atoms with Gasteiger partial charge < -0.3 is 15.4 Å². The molecule has 36 heavy (non-hydrogen) atoms. The highest BCUT2D eigenvalue weighted by Gasteiger charge is 2.33. The molecule has 0 radical (unpaired) electrons. The molecule has 0 amide bonds. The molecule has 0 bridgehead atoms. The van der Waals surface area contributed by atoms with Crippen LogP contribution < -0.4 is 15.4 Å². The summed E-state index contributed by atoms with van der Waals surface area (Å²) in [6.07, 6.45) is 8.47. The van der Waals surface area contributed by atoms with Gasteiger partial charge in [-0.1, -0.05) is 5.18 Å². The van der Waals surface area contributed by atoms with Crippen molar-refractivity contribution in [3.05, 3.63) is 41.1 Å². The van der Waals surface area contributed by atoms with Crippen molar-refractivity contribution in [2.45, 2.75) is 63.1 Å². The van der Waals surface area contributed by atoms with Crippen molar-refractivity contribution in [1.82, 2.24) is 29.4 Å². The van der Waals surface area contributed by atoms with Gasteiger partial charge in [-0.25, -0.2) is 14.4 Å². The number of nitrogens with zero attached hydrogens (tertiary/aromatic N) is 8. The average molecular weight is 494 g/mol. The molecule has 2 aliphatic rings. The van der Waals surface area contributed by atoms with Crippen molar-refractivity contribution >= 4 is 28.2 Å². The smallest absolute Gasteiger partial charge is 0.223 e. The van der Waals surface area contributed by atoms with Gasteiger partial charge in [0.2, 0.25) is 5.95 Å². The number of benzene rings is 1. The van der Waals surface area contributed by atoms with E-state index in [1.807, 2.05) is 17.1 Å². The fourth-order valence-corrected chi connectivity index (χ4v) is 5.66.